The monoisotopic (exact) mass is 490 g/mol. The summed E-state index contributed by atoms with van der Waals surface area (Å²) < 4.78 is 6.56. The first-order chi connectivity index (χ1) is 17.1. The second kappa shape index (κ2) is 9.14. The van der Waals surface area contributed by atoms with Crippen molar-refractivity contribution >= 4 is 29.9 Å². The minimum Gasteiger partial charge on any atom is -0.544 e. The smallest absolute Gasteiger partial charge is 0.250 e. The molecule has 5 aromatic rings. The maximum atomic E-state index is 9.99. The summed E-state index contributed by atoms with van der Waals surface area (Å²) in [6.07, 6.45) is 0. The van der Waals surface area contributed by atoms with Gasteiger partial charge in [0.15, 0.2) is 0 Å². The second-order valence-corrected chi connectivity index (χ2v) is 15.9. The maximum Gasteiger partial charge on any atom is 0.250 e. The van der Waals surface area contributed by atoms with E-state index in [0.29, 0.717) is 0 Å². The predicted octanol–water partition coefficient (Wildman–Crippen LogP) is 9.26. The number of phenols is 1. The number of fused-ring (bicyclic) bond motifs is 3. The molecule has 0 heterocycles. The maximum absolute atomic E-state index is 9.99. The largest absolute Gasteiger partial charge is 0.544 e. The van der Waals surface area contributed by atoms with E-state index in [0.717, 1.165) is 11.3 Å². The van der Waals surface area contributed by atoms with Crippen molar-refractivity contribution in [1.82, 2.24) is 0 Å². The van der Waals surface area contributed by atoms with Crippen molar-refractivity contribution in [3.63, 3.8) is 0 Å². The lowest BCUT2D eigenvalue weighted by atomic mass is 9.81. The third kappa shape index (κ3) is 4.51. The Bertz CT molecular complexity index is 1510. The van der Waals surface area contributed by atoms with Gasteiger partial charge in [0.25, 0.3) is 0 Å². The van der Waals surface area contributed by atoms with Crippen LogP contribution in [-0.2, 0) is 0 Å². The van der Waals surface area contributed by atoms with E-state index in [9.17, 15) is 5.11 Å². The lowest BCUT2D eigenvalue weighted by Crippen LogP contribution is -2.43. The van der Waals surface area contributed by atoms with Crippen LogP contribution in [0.15, 0.2) is 103 Å². The van der Waals surface area contributed by atoms with Gasteiger partial charge in [-0.15, -0.1) is 0 Å². The number of rotatable bonds is 5. The molecule has 36 heavy (non-hydrogen) atoms. The predicted molar refractivity (Wildman–Crippen MR) is 155 cm³/mol. The second-order valence-electron chi connectivity index (χ2n) is 11.2. The van der Waals surface area contributed by atoms with Crippen LogP contribution in [-0.4, -0.2) is 13.4 Å². The lowest BCUT2D eigenvalue weighted by Gasteiger charge is -2.36. The average molecular weight is 491 g/mol. The molecule has 182 valence electrons. The van der Waals surface area contributed by atoms with E-state index in [1.54, 1.807) is 12.1 Å². The van der Waals surface area contributed by atoms with Gasteiger partial charge in [0.2, 0.25) is 8.32 Å². The van der Waals surface area contributed by atoms with Gasteiger partial charge in [-0.25, -0.2) is 0 Å². The molecule has 1 unspecified atom stereocenters. The van der Waals surface area contributed by atoms with E-state index in [4.69, 9.17) is 4.43 Å². The molecule has 0 radical (unpaired) electrons. The summed E-state index contributed by atoms with van der Waals surface area (Å²) in [6.45, 7) is 11.3. The minimum absolute atomic E-state index is 0.0158. The molecular formula is C33H34O2Si. The van der Waals surface area contributed by atoms with Crippen molar-refractivity contribution in [2.45, 2.75) is 44.8 Å². The number of hydrogen-bond donors (Lipinski definition) is 1. The summed E-state index contributed by atoms with van der Waals surface area (Å²) in [5, 5.41) is 15.1. The Morgan fingerprint density at radius 2 is 1.19 bits per heavy atom. The molecule has 5 rings (SSSR count). The Morgan fingerprint density at radius 1 is 0.667 bits per heavy atom. The third-order valence-electron chi connectivity index (χ3n) is 7.73. The zero-order valence-electron chi connectivity index (χ0n) is 21.7. The van der Waals surface area contributed by atoms with Gasteiger partial charge in [-0.2, -0.15) is 0 Å². The van der Waals surface area contributed by atoms with Gasteiger partial charge >= 0.3 is 0 Å². The van der Waals surface area contributed by atoms with Crippen LogP contribution in [0.25, 0.3) is 21.5 Å². The van der Waals surface area contributed by atoms with Gasteiger partial charge in [-0.1, -0.05) is 93.6 Å². The van der Waals surface area contributed by atoms with Crippen LogP contribution in [0.3, 0.4) is 0 Å². The summed E-state index contributed by atoms with van der Waals surface area (Å²) in [5.41, 5.74) is 3.60. The van der Waals surface area contributed by atoms with E-state index in [-0.39, 0.29) is 16.7 Å². The average Bonchev–Trinajstić information content (AvgIpc) is 2.85. The zero-order chi connectivity index (χ0) is 25.5. The molecule has 0 saturated carbocycles. The fourth-order valence-electron chi connectivity index (χ4n) is 4.72. The SMILES string of the molecule is CC(C)(C)[Si](C)(C)Oc1ccc(C(c2ccc(O)cc2)c2cc3ccccc3c3ccccc23)cc1. The first kappa shape index (κ1) is 24.1. The quantitative estimate of drug-likeness (QED) is 0.151. The van der Waals surface area contributed by atoms with Gasteiger partial charge in [0.1, 0.15) is 11.5 Å². The Hall–Kier alpha value is -3.56. The highest BCUT2D eigenvalue weighted by Crippen LogP contribution is 2.41. The van der Waals surface area contributed by atoms with Gasteiger partial charge in [-0.05, 0) is 86.7 Å². The molecule has 0 aliphatic carbocycles. The van der Waals surface area contributed by atoms with Crippen molar-refractivity contribution in [2.24, 2.45) is 0 Å². The van der Waals surface area contributed by atoms with Crippen LogP contribution in [0, 0.1) is 0 Å². The third-order valence-corrected chi connectivity index (χ3v) is 12.1. The lowest BCUT2D eigenvalue weighted by molar-refractivity contribution is 0.475. The van der Waals surface area contributed by atoms with Crippen molar-refractivity contribution in [1.29, 1.82) is 0 Å². The van der Waals surface area contributed by atoms with Crippen molar-refractivity contribution in [2.75, 3.05) is 0 Å². The van der Waals surface area contributed by atoms with E-state index < -0.39 is 8.32 Å². The number of aromatic hydroxyl groups is 1. The molecule has 5 aromatic carbocycles. The first-order valence-electron chi connectivity index (χ1n) is 12.6. The highest BCUT2D eigenvalue weighted by molar-refractivity contribution is 6.74. The van der Waals surface area contributed by atoms with Gasteiger partial charge < -0.3 is 9.53 Å². The molecule has 2 nitrogen and oxygen atoms in total. The molecule has 0 amide bonds. The summed E-state index contributed by atoms with van der Waals surface area (Å²) in [4.78, 5) is 0. The van der Waals surface area contributed by atoms with Crippen LogP contribution >= 0.6 is 0 Å². The zero-order valence-corrected chi connectivity index (χ0v) is 22.7. The van der Waals surface area contributed by atoms with E-state index >= 15 is 0 Å². The Balaban J connectivity index is 1.67. The fourth-order valence-corrected chi connectivity index (χ4v) is 5.75. The topological polar surface area (TPSA) is 29.5 Å². The minimum atomic E-state index is -1.92. The standard InChI is InChI=1S/C33H34O2Si/c1-33(2,3)36(4,5)35-27-20-16-24(17-21-27)32(23-14-18-26(34)19-15-23)31-22-25-10-6-7-11-28(25)29-12-8-9-13-30(29)31/h6-22,32,34H,1-5H3. The van der Waals surface area contributed by atoms with Gasteiger partial charge in [0.05, 0.1) is 0 Å². The molecule has 0 aliphatic heterocycles. The van der Waals surface area contributed by atoms with Crippen LogP contribution in [0.4, 0.5) is 0 Å². The number of benzene rings is 5. The van der Waals surface area contributed by atoms with E-state index in [1.165, 1.54) is 32.7 Å². The Kier molecular flexibility index (Phi) is 6.13. The molecule has 0 aliphatic rings. The molecule has 1 N–H and O–H groups in total. The Labute approximate surface area is 215 Å². The van der Waals surface area contributed by atoms with Crippen molar-refractivity contribution in [3.8, 4) is 11.5 Å². The number of phenolic OH excluding ortho intramolecular Hbond substituents is 1. The molecule has 0 bridgehead atoms. The van der Waals surface area contributed by atoms with Crippen LogP contribution in [0.2, 0.25) is 18.1 Å². The molecule has 0 aromatic heterocycles. The van der Waals surface area contributed by atoms with Crippen LogP contribution in [0.5, 0.6) is 11.5 Å². The van der Waals surface area contributed by atoms with E-state index in [2.05, 4.69) is 113 Å². The van der Waals surface area contributed by atoms with Crippen LogP contribution in [0.1, 0.15) is 43.4 Å². The van der Waals surface area contributed by atoms with Crippen molar-refractivity contribution < 1.29 is 9.53 Å². The summed E-state index contributed by atoms with van der Waals surface area (Å²) in [5.74, 6) is 1.22. The molecule has 3 heteroatoms. The fraction of sp³-hybridized carbons (Fsp3) is 0.212. The summed E-state index contributed by atoms with van der Waals surface area (Å²) >= 11 is 0. The molecular weight excluding hydrogens is 456 g/mol. The molecule has 0 spiro atoms. The normalized spacial score (nSPS) is 13.1. The van der Waals surface area contributed by atoms with Crippen molar-refractivity contribution in [3.05, 3.63) is 120 Å². The first-order valence-corrected chi connectivity index (χ1v) is 15.5. The summed E-state index contributed by atoms with van der Waals surface area (Å²) in [7, 11) is -1.92. The van der Waals surface area contributed by atoms with E-state index in [1.807, 2.05) is 12.1 Å². The van der Waals surface area contributed by atoms with Crippen LogP contribution < -0.4 is 4.43 Å². The van der Waals surface area contributed by atoms with Gasteiger partial charge in [0, 0.05) is 5.92 Å². The highest BCUT2D eigenvalue weighted by Gasteiger charge is 2.39. The molecule has 0 saturated heterocycles. The highest BCUT2D eigenvalue weighted by atomic mass is 28.4. The summed E-state index contributed by atoms with van der Waals surface area (Å²) in [6, 6.07) is 35.8. The number of hydrogen-bond acceptors (Lipinski definition) is 2. The molecule has 0 fully saturated rings. The van der Waals surface area contributed by atoms with Gasteiger partial charge in [-0.3, -0.25) is 0 Å². The Morgan fingerprint density at radius 3 is 1.81 bits per heavy atom. The molecule has 1 atom stereocenters.